The number of hydrogen-bond donors (Lipinski definition) is 1. The maximum absolute atomic E-state index is 12.3. The number of carbonyl (C=O) groups excluding carboxylic acids is 1. The molecule has 6 heteroatoms. The molecule has 0 saturated heterocycles. The van der Waals surface area contributed by atoms with Crippen molar-refractivity contribution in [2.75, 3.05) is 0 Å². The largest absolute Gasteiger partial charge is 0.349 e. The Kier molecular flexibility index (Phi) is 4.37. The number of aromatic nitrogens is 1. The molecule has 0 aliphatic heterocycles. The molecule has 1 amide bonds. The SMILES string of the molecule is CCc1ccnc(CNC(=O)C(C)(C)S(=O)(=O)C2CC2)c1. The fourth-order valence-electron chi connectivity index (χ4n) is 2.15. The third kappa shape index (κ3) is 3.26. The molecule has 1 saturated carbocycles. The summed E-state index contributed by atoms with van der Waals surface area (Å²) in [5.41, 5.74) is 1.88. The van der Waals surface area contributed by atoms with E-state index in [1.807, 2.05) is 19.1 Å². The molecule has 1 heterocycles. The number of nitrogens with one attached hydrogen (secondary N) is 1. The van der Waals surface area contributed by atoms with E-state index in [0.29, 0.717) is 12.8 Å². The number of hydrogen-bond acceptors (Lipinski definition) is 4. The molecule has 1 aliphatic carbocycles. The van der Waals surface area contributed by atoms with Crippen LogP contribution in [0.3, 0.4) is 0 Å². The lowest BCUT2D eigenvalue weighted by Crippen LogP contribution is -2.49. The van der Waals surface area contributed by atoms with Crippen LogP contribution in [0.15, 0.2) is 18.3 Å². The van der Waals surface area contributed by atoms with Gasteiger partial charge in [-0.1, -0.05) is 6.92 Å². The molecule has 1 fully saturated rings. The van der Waals surface area contributed by atoms with Gasteiger partial charge < -0.3 is 5.32 Å². The van der Waals surface area contributed by atoms with Crippen molar-refractivity contribution < 1.29 is 13.2 Å². The molecule has 2 rings (SSSR count). The van der Waals surface area contributed by atoms with Crippen molar-refractivity contribution in [3.63, 3.8) is 0 Å². The second-order valence-corrected chi connectivity index (χ2v) is 8.72. The van der Waals surface area contributed by atoms with E-state index in [-0.39, 0.29) is 11.8 Å². The Labute approximate surface area is 126 Å². The van der Waals surface area contributed by atoms with Crippen molar-refractivity contribution in [2.45, 2.75) is 56.6 Å². The Hall–Kier alpha value is -1.43. The van der Waals surface area contributed by atoms with Crippen LogP contribution in [0, 0.1) is 0 Å². The smallest absolute Gasteiger partial charge is 0.241 e. The van der Waals surface area contributed by atoms with Gasteiger partial charge in [0.25, 0.3) is 0 Å². The molecule has 1 aliphatic rings. The highest BCUT2D eigenvalue weighted by molar-refractivity contribution is 7.94. The number of carbonyl (C=O) groups is 1. The Morgan fingerprint density at radius 3 is 2.67 bits per heavy atom. The first-order valence-corrected chi connectivity index (χ1v) is 8.79. The zero-order chi connectivity index (χ0) is 15.7. The van der Waals surface area contributed by atoms with Crippen LogP contribution in [-0.4, -0.2) is 29.3 Å². The summed E-state index contributed by atoms with van der Waals surface area (Å²) >= 11 is 0. The Morgan fingerprint density at radius 2 is 2.10 bits per heavy atom. The van der Waals surface area contributed by atoms with Crippen LogP contribution in [0.2, 0.25) is 0 Å². The molecular weight excluding hydrogens is 288 g/mol. The Bertz CT molecular complexity index is 634. The van der Waals surface area contributed by atoms with Gasteiger partial charge in [0, 0.05) is 6.20 Å². The van der Waals surface area contributed by atoms with Crippen molar-refractivity contribution in [2.24, 2.45) is 0 Å². The van der Waals surface area contributed by atoms with Crippen LogP contribution in [0.4, 0.5) is 0 Å². The summed E-state index contributed by atoms with van der Waals surface area (Å²) in [6.45, 7) is 5.25. The van der Waals surface area contributed by atoms with E-state index in [9.17, 15) is 13.2 Å². The fraction of sp³-hybridized carbons (Fsp3) is 0.600. The van der Waals surface area contributed by atoms with Gasteiger partial charge in [-0.25, -0.2) is 8.42 Å². The zero-order valence-corrected chi connectivity index (χ0v) is 13.5. The topological polar surface area (TPSA) is 76.1 Å². The van der Waals surface area contributed by atoms with Crippen molar-refractivity contribution >= 4 is 15.7 Å². The molecule has 0 bridgehead atoms. The Morgan fingerprint density at radius 1 is 1.43 bits per heavy atom. The summed E-state index contributed by atoms with van der Waals surface area (Å²) in [7, 11) is -3.41. The van der Waals surface area contributed by atoms with Gasteiger partial charge in [-0.05, 0) is 50.8 Å². The van der Waals surface area contributed by atoms with Gasteiger partial charge in [-0.2, -0.15) is 0 Å². The quantitative estimate of drug-likeness (QED) is 0.866. The molecule has 5 nitrogen and oxygen atoms in total. The third-order valence-electron chi connectivity index (χ3n) is 3.94. The normalized spacial score (nSPS) is 15.8. The standard InChI is InChI=1S/C15H22N2O3S/c1-4-11-7-8-16-12(9-11)10-17-14(18)15(2,3)21(19,20)13-5-6-13/h7-9,13H,4-6,10H2,1-3H3,(H,17,18). The molecule has 116 valence electrons. The van der Waals surface area contributed by atoms with E-state index >= 15 is 0 Å². The van der Waals surface area contributed by atoms with Gasteiger partial charge in [0.1, 0.15) is 4.75 Å². The van der Waals surface area contributed by atoms with Gasteiger partial charge >= 0.3 is 0 Å². The van der Waals surface area contributed by atoms with Crippen molar-refractivity contribution in [3.05, 3.63) is 29.6 Å². The molecule has 0 atom stereocenters. The summed E-state index contributed by atoms with van der Waals surface area (Å²) in [5.74, 6) is -0.460. The molecular formula is C15H22N2O3S. The molecule has 0 radical (unpaired) electrons. The number of pyridine rings is 1. The number of amides is 1. The van der Waals surface area contributed by atoms with Crippen molar-refractivity contribution in [1.29, 1.82) is 0 Å². The monoisotopic (exact) mass is 310 g/mol. The minimum Gasteiger partial charge on any atom is -0.349 e. The lowest BCUT2D eigenvalue weighted by Gasteiger charge is -2.23. The fourth-order valence-corrected chi connectivity index (χ4v) is 4.07. The van der Waals surface area contributed by atoms with Gasteiger partial charge in [-0.3, -0.25) is 9.78 Å². The minimum atomic E-state index is -3.41. The Balaban J connectivity index is 2.04. The second-order valence-electron chi connectivity index (χ2n) is 5.95. The van der Waals surface area contributed by atoms with E-state index in [4.69, 9.17) is 0 Å². The van der Waals surface area contributed by atoms with Gasteiger partial charge in [0.05, 0.1) is 17.5 Å². The van der Waals surface area contributed by atoms with Crippen LogP contribution >= 0.6 is 0 Å². The highest BCUT2D eigenvalue weighted by Crippen LogP contribution is 2.36. The molecule has 1 aromatic heterocycles. The van der Waals surface area contributed by atoms with Gasteiger partial charge in [0.15, 0.2) is 9.84 Å². The maximum Gasteiger partial charge on any atom is 0.241 e. The number of nitrogens with zero attached hydrogens (tertiary/aromatic N) is 1. The predicted octanol–water partition coefficient (Wildman–Crippen LogP) is 1.62. The molecule has 0 unspecified atom stereocenters. The van der Waals surface area contributed by atoms with Gasteiger partial charge in [-0.15, -0.1) is 0 Å². The van der Waals surface area contributed by atoms with Crippen LogP contribution in [0.25, 0.3) is 0 Å². The first-order valence-electron chi connectivity index (χ1n) is 7.24. The number of sulfone groups is 1. The van der Waals surface area contributed by atoms with Crippen LogP contribution < -0.4 is 5.32 Å². The van der Waals surface area contributed by atoms with E-state index in [0.717, 1.165) is 17.7 Å². The number of rotatable bonds is 6. The molecule has 21 heavy (non-hydrogen) atoms. The lowest BCUT2D eigenvalue weighted by atomic mass is 10.1. The van der Waals surface area contributed by atoms with Crippen LogP contribution in [0.5, 0.6) is 0 Å². The van der Waals surface area contributed by atoms with E-state index in [1.165, 1.54) is 13.8 Å². The second kappa shape index (κ2) is 5.75. The number of aryl methyl sites for hydroxylation is 1. The molecule has 1 N–H and O–H groups in total. The summed E-state index contributed by atoms with van der Waals surface area (Å²) in [5, 5.41) is 2.35. The van der Waals surface area contributed by atoms with Crippen LogP contribution in [-0.2, 0) is 27.6 Å². The minimum absolute atomic E-state index is 0.246. The predicted molar refractivity (Wildman–Crippen MR) is 81.5 cm³/mol. The maximum atomic E-state index is 12.3. The molecule has 0 aromatic carbocycles. The highest BCUT2D eigenvalue weighted by atomic mass is 32.2. The van der Waals surface area contributed by atoms with Gasteiger partial charge in [0.2, 0.25) is 5.91 Å². The summed E-state index contributed by atoms with van der Waals surface area (Å²) in [4.78, 5) is 16.4. The van der Waals surface area contributed by atoms with Crippen LogP contribution in [0.1, 0.15) is 44.9 Å². The third-order valence-corrected chi connectivity index (χ3v) is 6.90. The van der Waals surface area contributed by atoms with Crippen molar-refractivity contribution in [3.8, 4) is 0 Å². The van der Waals surface area contributed by atoms with E-state index in [1.54, 1.807) is 6.20 Å². The molecule has 1 aromatic rings. The van der Waals surface area contributed by atoms with E-state index in [2.05, 4.69) is 10.3 Å². The first kappa shape index (κ1) is 15.9. The first-order chi connectivity index (χ1) is 9.79. The summed E-state index contributed by atoms with van der Waals surface area (Å²) in [6, 6.07) is 3.84. The van der Waals surface area contributed by atoms with Crippen molar-refractivity contribution in [1.82, 2.24) is 10.3 Å². The average Bonchev–Trinajstić information content (AvgIpc) is 3.29. The molecule has 0 spiro atoms. The zero-order valence-electron chi connectivity index (χ0n) is 12.7. The summed E-state index contributed by atoms with van der Waals surface area (Å²) < 4.78 is 23.2. The van der Waals surface area contributed by atoms with E-state index < -0.39 is 20.5 Å². The highest BCUT2D eigenvalue weighted by Gasteiger charge is 2.50. The lowest BCUT2D eigenvalue weighted by molar-refractivity contribution is -0.123. The summed E-state index contributed by atoms with van der Waals surface area (Å²) in [6.07, 6.45) is 3.93. The average molecular weight is 310 g/mol.